The van der Waals surface area contributed by atoms with Crippen LogP contribution in [0.25, 0.3) is 0 Å². The first-order valence-electron chi connectivity index (χ1n) is 7.78. The average Bonchev–Trinajstić information content (AvgIpc) is 2.88. The van der Waals surface area contributed by atoms with Crippen LogP contribution in [0.3, 0.4) is 0 Å². The number of amides is 1. The van der Waals surface area contributed by atoms with E-state index in [9.17, 15) is 24.9 Å². The Bertz CT molecular complexity index is 916. The van der Waals surface area contributed by atoms with Crippen molar-refractivity contribution in [2.24, 2.45) is 0 Å². The van der Waals surface area contributed by atoms with Crippen LogP contribution in [-0.2, 0) is 9.59 Å². The van der Waals surface area contributed by atoms with Gasteiger partial charge in [0.05, 0.1) is 18.7 Å². The maximum atomic E-state index is 12.6. The molecule has 1 amide bonds. The first-order chi connectivity index (χ1) is 12.3. The molecule has 1 unspecified atom stereocenters. The normalized spacial score (nSPS) is 16.9. The fraction of sp³-hybridized carbons (Fsp3) is 0.158. The zero-order valence-corrected chi connectivity index (χ0v) is 14.1. The van der Waals surface area contributed by atoms with Crippen molar-refractivity contribution < 1.29 is 29.6 Å². The second-order valence-corrected chi connectivity index (χ2v) is 5.84. The van der Waals surface area contributed by atoms with Gasteiger partial charge in [-0.05, 0) is 48.9 Å². The van der Waals surface area contributed by atoms with Crippen molar-refractivity contribution in [1.82, 2.24) is 0 Å². The van der Waals surface area contributed by atoms with Gasteiger partial charge < -0.3 is 20.1 Å². The third-order valence-corrected chi connectivity index (χ3v) is 4.23. The number of nitrogens with zero attached hydrogens (tertiary/aromatic N) is 1. The van der Waals surface area contributed by atoms with Crippen LogP contribution in [0.2, 0.25) is 0 Å². The number of carbonyl (C=O) groups excluding carboxylic acids is 2. The summed E-state index contributed by atoms with van der Waals surface area (Å²) in [5.41, 5.74) is 0.832. The molecule has 2 aromatic carbocycles. The molecule has 0 radical (unpaired) electrons. The minimum Gasteiger partial charge on any atom is -0.508 e. The predicted octanol–water partition coefficient (Wildman–Crippen LogP) is 2.60. The molecule has 0 aliphatic carbocycles. The zero-order valence-electron chi connectivity index (χ0n) is 14.1. The van der Waals surface area contributed by atoms with Gasteiger partial charge in [0, 0.05) is 5.69 Å². The Balaban J connectivity index is 2.19. The van der Waals surface area contributed by atoms with Crippen molar-refractivity contribution in [1.29, 1.82) is 0 Å². The molecule has 134 valence electrons. The van der Waals surface area contributed by atoms with E-state index in [0.717, 1.165) is 0 Å². The Morgan fingerprint density at radius 3 is 2.31 bits per heavy atom. The lowest BCUT2D eigenvalue weighted by Crippen LogP contribution is -2.30. The summed E-state index contributed by atoms with van der Waals surface area (Å²) < 4.78 is 5.10. The third kappa shape index (κ3) is 2.73. The Morgan fingerprint density at radius 2 is 1.73 bits per heavy atom. The van der Waals surface area contributed by atoms with Gasteiger partial charge in [0.25, 0.3) is 5.91 Å². The maximum absolute atomic E-state index is 12.6. The number of ether oxygens (including phenoxy) is 1. The van der Waals surface area contributed by atoms with Gasteiger partial charge in [-0.1, -0.05) is 6.07 Å². The number of hydrogen-bond donors (Lipinski definition) is 3. The standard InChI is InChI=1S/C19H17NO6/c1-10(21)16-17(11-3-8-14(23)15(9-11)26-2)20(19(25)18(16)24)12-4-6-13(22)7-5-12/h3-9,17,22-24H,1-2H3. The summed E-state index contributed by atoms with van der Waals surface area (Å²) in [5, 5.41) is 29.6. The maximum Gasteiger partial charge on any atom is 0.294 e. The number of aliphatic hydroxyl groups excluding tert-OH is 1. The summed E-state index contributed by atoms with van der Waals surface area (Å²) in [6.45, 7) is 1.27. The number of methoxy groups -OCH3 is 1. The highest BCUT2D eigenvalue weighted by atomic mass is 16.5. The minimum absolute atomic E-state index is 0.0206. The van der Waals surface area contributed by atoms with Crippen LogP contribution in [0.5, 0.6) is 17.2 Å². The van der Waals surface area contributed by atoms with E-state index in [-0.39, 0.29) is 22.8 Å². The number of hydrogen-bond acceptors (Lipinski definition) is 6. The zero-order chi connectivity index (χ0) is 19.0. The van der Waals surface area contributed by atoms with Gasteiger partial charge in [0.1, 0.15) is 5.75 Å². The fourth-order valence-electron chi connectivity index (χ4n) is 3.02. The summed E-state index contributed by atoms with van der Waals surface area (Å²) in [6, 6.07) is 9.37. The Labute approximate surface area is 149 Å². The molecule has 0 fully saturated rings. The fourth-order valence-corrected chi connectivity index (χ4v) is 3.02. The van der Waals surface area contributed by atoms with E-state index < -0.39 is 23.5 Å². The highest BCUT2D eigenvalue weighted by molar-refractivity contribution is 6.16. The Kier molecular flexibility index (Phi) is 4.29. The molecule has 1 aliphatic heterocycles. The number of anilines is 1. The van der Waals surface area contributed by atoms with E-state index in [1.54, 1.807) is 6.07 Å². The molecule has 2 aromatic rings. The largest absolute Gasteiger partial charge is 0.508 e. The quantitative estimate of drug-likeness (QED) is 0.778. The smallest absolute Gasteiger partial charge is 0.294 e. The highest BCUT2D eigenvalue weighted by Crippen LogP contribution is 2.43. The molecule has 7 nitrogen and oxygen atoms in total. The highest BCUT2D eigenvalue weighted by Gasteiger charge is 2.43. The second kappa shape index (κ2) is 6.44. The van der Waals surface area contributed by atoms with E-state index in [1.807, 2.05) is 0 Å². The minimum atomic E-state index is -0.890. The molecular weight excluding hydrogens is 338 g/mol. The molecule has 7 heteroatoms. The van der Waals surface area contributed by atoms with Gasteiger partial charge in [0.15, 0.2) is 23.0 Å². The summed E-state index contributed by atoms with van der Waals surface area (Å²) in [4.78, 5) is 26.0. The van der Waals surface area contributed by atoms with E-state index in [4.69, 9.17) is 4.74 Å². The van der Waals surface area contributed by atoms with Crippen LogP contribution in [-0.4, -0.2) is 34.1 Å². The Hall–Kier alpha value is -3.48. The first kappa shape index (κ1) is 17.3. The number of aromatic hydroxyl groups is 2. The van der Waals surface area contributed by atoms with Crippen molar-refractivity contribution in [3.8, 4) is 17.2 Å². The van der Waals surface area contributed by atoms with Gasteiger partial charge in [-0.3, -0.25) is 14.5 Å². The number of rotatable bonds is 4. The lowest BCUT2D eigenvalue weighted by atomic mass is 9.96. The number of ketones is 1. The number of phenols is 2. The van der Waals surface area contributed by atoms with Crippen molar-refractivity contribution in [3.63, 3.8) is 0 Å². The van der Waals surface area contributed by atoms with Crippen molar-refractivity contribution in [2.45, 2.75) is 13.0 Å². The molecule has 0 saturated heterocycles. The van der Waals surface area contributed by atoms with Crippen LogP contribution < -0.4 is 9.64 Å². The molecule has 26 heavy (non-hydrogen) atoms. The van der Waals surface area contributed by atoms with E-state index >= 15 is 0 Å². The molecular formula is C19H17NO6. The summed E-state index contributed by atoms with van der Waals surface area (Å²) in [5.74, 6) is -1.69. The van der Waals surface area contributed by atoms with E-state index in [2.05, 4.69) is 0 Å². The van der Waals surface area contributed by atoms with E-state index in [1.165, 1.54) is 55.3 Å². The lowest BCUT2D eigenvalue weighted by Gasteiger charge is -2.27. The number of carbonyl (C=O) groups is 2. The molecule has 3 N–H and O–H groups in total. The molecule has 3 rings (SSSR count). The number of aliphatic hydroxyl groups is 1. The lowest BCUT2D eigenvalue weighted by molar-refractivity contribution is -0.117. The predicted molar refractivity (Wildman–Crippen MR) is 93.3 cm³/mol. The molecule has 0 bridgehead atoms. The van der Waals surface area contributed by atoms with Crippen molar-refractivity contribution in [3.05, 3.63) is 59.4 Å². The van der Waals surface area contributed by atoms with Crippen LogP contribution in [0.15, 0.2) is 53.8 Å². The van der Waals surface area contributed by atoms with Crippen molar-refractivity contribution >= 4 is 17.4 Å². The van der Waals surface area contributed by atoms with Gasteiger partial charge in [0.2, 0.25) is 0 Å². The van der Waals surface area contributed by atoms with Gasteiger partial charge in [-0.15, -0.1) is 0 Å². The number of phenolic OH excluding ortho intramolecular Hbond substituents is 2. The third-order valence-electron chi connectivity index (χ3n) is 4.23. The SMILES string of the molecule is COc1cc(C2C(C(C)=O)=C(O)C(=O)N2c2ccc(O)cc2)ccc1O. The van der Waals surface area contributed by atoms with E-state index in [0.29, 0.717) is 11.3 Å². The van der Waals surface area contributed by atoms with Crippen molar-refractivity contribution in [2.75, 3.05) is 12.0 Å². The number of benzene rings is 2. The molecule has 1 atom stereocenters. The molecule has 1 heterocycles. The first-order valence-corrected chi connectivity index (χ1v) is 7.78. The molecule has 0 saturated carbocycles. The molecule has 1 aliphatic rings. The van der Waals surface area contributed by atoms with Crippen LogP contribution in [0.4, 0.5) is 5.69 Å². The van der Waals surface area contributed by atoms with Gasteiger partial charge in [-0.25, -0.2) is 0 Å². The molecule has 0 spiro atoms. The van der Waals surface area contributed by atoms with Crippen LogP contribution in [0, 0.1) is 0 Å². The summed E-state index contributed by atoms with van der Waals surface area (Å²) in [6.07, 6.45) is 0. The second-order valence-electron chi connectivity index (χ2n) is 5.84. The van der Waals surface area contributed by atoms with Gasteiger partial charge in [-0.2, -0.15) is 0 Å². The van der Waals surface area contributed by atoms with Gasteiger partial charge >= 0.3 is 0 Å². The monoisotopic (exact) mass is 355 g/mol. The van der Waals surface area contributed by atoms with Crippen LogP contribution in [0.1, 0.15) is 18.5 Å². The molecule has 0 aromatic heterocycles. The van der Waals surface area contributed by atoms with Crippen LogP contribution >= 0.6 is 0 Å². The average molecular weight is 355 g/mol. The topological polar surface area (TPSA) is 107 Å². The summed E-state index contributed by atoms with van der Waals surface area (Å²) in [7, 11) is 1.38. The Morgan fingerprint density at radius 1 is 1.08 bits per heavy atom. The summed E-state index contributed by atoms with van der Waals surface area (Å²) >= 11 is 0. The number of Topliss-reactive ketones (excluding diaryl/α,β-unsaturated/α-hetero) is 1.